The van der Waals surface area contributed by atoms with Crippen molar-refractivity contribution in [1.82, 2.24) is 0 Å². The average Bonchev–Trinajstić information content (AvgIpc) is 2.74. The van der Waals surface area contributed by atoms with Gasteiger partial charge in [-0.3, -0.25) is 4.21 Å². The van der Waals surface area contributed by atoms with Crippen LogP contribution < -0.4 is 5.73 Å². The molecule has 0 aliphatic carbocycles. The van der Waals surface area contributed by atoms with Gasteiger partial charge in [0.15, 0.2) is 0 Å². The molecule has 18 heavy (non-hydrogen) atoms. The molecule has 3 nitrogen and oxygen atoms in total. The molecule has 1 aromatic carbocycles. The highest BCUT2D eigenvalue weighted by Crippen LogP contribution is 2.21. The Morgan fingerprint density at radius 2 is 2.17 bits per heavy atom. The van der Waals surface area contributed by atoms with Gasteiger partial charge in [-0.1, -0.05) is 6.07 Å². The third kappa shape index (κ3) is 3.16. The van der Waals surface area contributed by atoms with Gasteiger partial charge >= 0.3 is 0 Å². The minimum atomic E-state index is -1.03. The molecule has 1 aliphatic heterocycles. The lowest BCUT2D eigenvalue weighted by atomic mass is 10.1. The molecule has 1 heterocycles. The fraction of sp³-hybridized carbons (Fsp3) is 0.538. The van der Waals surface area contributed by atoms with Crippen molar-refractivity contribution in [3.05, 3.63) is 35.1 Å². The van der Waals surface area contributed by atoms with Crippen molar-refractivity contribution in [1.29, 1.82) is 0 Å². The van der Waals surface area contributed by atoms with E-state index in [2.05, 4.69) is 0 Å². The summed E-state index contributed by atoms with van der Waals surface area (Å²) >= 11 is 0. The predicted octanol–water partition coefficient (Wildman–Crippen LogP) is 1.71. The topological polar surface area (TPSA) is 52.3 Å². The zero-order valence-corrected chi connectivity index (χ0v) is 11.2. The van der Waals surface area contributed by atoms with Gasteiger partial charge in [0.25, 0.3) is 0 Å². The predicted molar refractivity (Wildman–Crippen MR) is 70.0 cm³/mol. The normalized spacial score (nSPS) is 25.3. The minimum absolute atomic E-state index is 0.0216. The molecule has 0 aromatic heterocycles. The monoisotopic (exact) mass is 271 g/mol. The molecule has 3 unspecified atom stereocenters. The van der Waals surface area contributed by atoms with Gasteiger partial charge in [0.1, 0.15) is 5.82 Å². The number of hydrogen-bond donors (Lipinski definition) is 1. The zero-order valence-electron chi connectivity index (χ0n) is 10.4. The van der Waals surface area contributed by atoms with E-state index in [0.29, 0.717) is 18.9 Å². The van der Waals surface area contributed by atoms with Crippen molar-refractivity contribution in [3.63, 3.8) is 0 Å². The second kappa shape index (κ2) is 5.91. The van der Waals surface area contributed by atoms with Crippen LogP contribution in [0.15, 0.2) is 18.2 Å². The number of benzene rings is 1. The zero-order chi connectivity index (χ0) is 13.1. The average molecular weight is 271 g/mol. The summed E-state index contributed by atoms with van der Waals surface area (Å²) in [7, 11) is -1.03. The smallest absolute Gasteiger partial charge is 0.123 e. The molecule has 0 spiro atoms. The SMILES string of the molecule is CC1OCCC1S(=O)Cc1cc(F)cc(CN)c1. The number of ether oxygens (including phenoxy) is 1. The van der Waals surface area contributed by atoms with Gasteiger partial charge in [-0.2, -0.15) is 0 Å². The molecule has 100 valence electrons. The van der Waals surface area contributed by atoms with E-state index in [4.69, 9.17) is 10.5 Å². The highest BCUT2D eigenvalue weighted by Gasteiger charge is 2.29. The molecule has 0 saturated carbocycles. The Morgan fingerprint density at radius 3 is 2.78 bits per heavy atom. The summed E-state index contributed by atoms with van der Waals surface area (Å²) in [5.41, 5.74) is 6.98. The molecule has 2 rings (SSSR count). The molecule has 1 saturated heterocycles. The van der Waals surface area contributed by atoms with Gasteiger partial charge in [-0.05, 0) is 36.6 Å². The van der Waals surface area contributed by atoms with Crippen LogP contribution >= 0.6 is 0 Å². The third-order valence-corrected chi connectivity index (χ3v) is 5.12. The number of halogens is 1. The molecule has 2 N–H and O–H groups in total. The molecule has 1 fully saturated rings. The molecule has 0 amide bonds. The Kier molecular flexibility index (Phi) is 4.48. The Bertz CT molecular complexity index is 453. The largest absolute Gasteiger partial charge is 0.377 e. The van der Waals surface area contributed by atoms with Gasteiger partial charge in [0.05, 0.1) is 11.4 Å². The Morgan fingerprint density at radius 1 is 1.44 bits per heavy atom. The van der Waals surface area contributed by atoms with Crippen LogP contribution in [0, 0.1) is 5.82 Å². The van der Waals surface area contributed by atoms with E-state index in [1.807, 2.05) is 13.0 Å². The van der Waals surface area contributed by atoms with Crippen molar-refractivity contribution in [2.45, 2.75) is 37.0 Å². The first kappa shape index (κ1) is 13.6. The quantitative estimate of drug-likeness (QED) is 0.907. The summed E-state index contributed by atoms with van der Waals surface area (Å²) in [6.45, 7) is 2.89. The van der Waals surface area contributed by atoms with Crippen molar-refractivity contribution >= 4 is 10.8 Å². The summed E-state index contributed by atoms with van der Waals surface area (Å²) in [5, 5.41) is 0.0505. The van der Waals surface area contributed by atoms with Crippen LogP contribution in [-0.4, -0.2) is 22.2 Å². The van der Waals surface area contributed by atoms with Crippen molar-refractivity contribution in [2.75, 3.05) is 6.61 Å². The van der Waals surface area contributed by atoms with Crippen LogP contribution in [0.4, 0.5) is 4.39 Å². The maximum Gasteiger partial charge on any atom is 0.123 e. The van der Waals surface area contributed by atoms with E-state index < -0.39 is 10.8 Å². The van der Waals surface area contributed by atoms with Crippen LogP contribution in [-0.2, 0) is 27.8 Å². The van der Waals surface area contributed by atoms with Crippen LogP contribution in [0.5, 0.6) is 0 Å². The summed E-state index contributed by atoms with van der Waals surface area (Å²) in [4.78, 5) is 0. The van der Waals surface area contributed by atoms with E-state index in [1.165, 1.54) is 12.1 Å². The molecule has 0 radical (unpaired) electrons. The van der Waals surface area contributed by atoms with E-state index in [0.717, 1.165) is 17.5 Å². The summed E-state index contributed by atoms with van der Waals surface area (Å²) in [6.07, 6.45) is 0.834. The van der Waals surface area contributed by atoms with Crippen molar-refractivity contribution < 1.29 is 13.3 Å². The Balaban J connectivity index is 2.09. The molecule has 3 atom stereocenters. The lowest BCUT2D eigenvalue weighted by molar-refractivity contribution is 0.127. The second-order valence-corrected chi connectivity index (χ2v) is 6.26. The van der Waals surface area contributed by atoms with E-state index in [1.54, 1.807) is 0 Å². The summed E-state index contributed by atoms with van der Waals surface area (Å²) < 4.78 is 31.0. The Labute approximate surface area is 109 Å². The van der Waals surface area contributed by atoms with Gasteiger partial charge in [-0.15, -0.1) is 0 Å². The Hall–Kier alpha value is -0.780. The molecule has 1 aromatic rings. The first-order chi connectivity index (χ1) is 8.60. The molecule has 5 heteroatoms. The molecule has 0 bridgehead atoms. The van der Waals surface area contributed by atoms with Gasteiger partial charge in [0.2, 0.25) is 0 Å². The van der Waals surface area contributed by atoms with Gasteiger partial charge < -0.3 is 10.5 Å². The van der Waals surface area contributed by atoms with Crippen molar-refractivity contribution in [2.24, 2.45) is 5.73 Å². The maximum atomic E-state index is 13.3. The highest BCUT2D eigenvalue weighted by molar-refractivity contribution is 7.84. The fourth-order valence-electron chi connectivity index (χ4n) is 2.25. The third-order valence-electron chi connectivity index (χ3n) is 3.21. The second-order valence-electron chi connectivity index (χ2n) is 4.60. The standard InChI is InChI=1S/C13H18FNO2S/c1-9-13(2-3-17-9)18(16)8-11-4-10(7-15)5-12(14)6-11/h4-6,9,13H,2-3,7-8,15H2,1H3. The van der Waals surface area contributed by atoms with Gasteiger partial charge in [0, 0.05) is 29.7 Å². The number of rotatable bonds is 4. The molecule has 1 aliphatic rings. The lowest BCUT2D eigenvalue weighted by Gasteiger charge is -2.14. The first-order valence-corrected chi connectivity index (χ1v) is 7.45. The minimum Gasteiger partial charge on any atom is -0.377 e. The van der Waals surface area contributed by atoms with Crippen molar-refractivity contribution in [3.8, 4) is 0 Å². The van der Waals surface area contributed by atoms with Crippen LogP contribution in [0.1, 0.15) is 24.5 Å². The van der Waals surface area contributed by atoms with E-state index in [-0.39, 0.29) is 17.2 Å². The highest BCUT2D eigenvalue weighted by atomic mass is 32.2. The van der Waals surface area contributed by atoms with Gasteiger partial charge in [-0.25, -0.2) is 4.39 Å². The van der Waals surface area contributed by atoms with Crippen LogP contribution in [0.25, 0.3) is 0 Å². The summed E-state index contributed by atoms with van der Waals surface area (Å²) in [5.74, 6) is 0.0454. The fourth-order valence-corrected chi connectivity index (χ4v) is 3.82. The van der Waals surface area contributed by atoms with E-state index >= 15 is 0 Å². The molecular formula is C13H18FNO2S. The van der Waals surface area contributed by atoms with Crippen LogP contribution in [0.2, 0.25) is 0 Å². The van der Waals surface area contributed by atoms with E-state index in [9.17, 15) is 8.60 Å². The number of nitrogens with two attached hydrogens (primary N) is 1. The van der Waals surface area contributed by atoms with Crippen LogP contribution in [0.3, 0.4) is 0 Å². The maximum absolute atomic E-state index is 13.3. The molecular weight excluding hydrogens is 253 g/mol. The summed E-state index contributed by atoms with van der Waals surface area (Å²) in [6, 6.07) is 4.66. The lowest BCUT2D eigenvalue weighted by Crippen LogP contribution is -2.24. The first-order valence-electron chi connectivity index (χ1n) is 6.07. The number of hydrogen-bond acceptors (Lipinski definition) is 3.